The molecule has 0 saturated heterocycles. The van der Waals surface area contributed by atoms with Gasteiger partial charge in [-0.1, -0.05) is 12.1 Å². The van der Waals surface area contributed by atoms with Crippen LogP contribution in [0.4, 0.5) is 5.69 Å². The lowest BCUT2D eigenvalue weighted by Gasteiger charge is -2.13. The van der Waals surface area contributed by atoms with Crippen LogP contribution in [-0.2, 0) is 14.8 Å². The molecule has 168 valence electrons. The molecule has 2 heterocycles. The van der Waals surface area contributed by atoms with Crippen LogP contribution in [0.2, 0.25) is 0 Å². The Morgan fingerprint density at radius 3 is 2.55 bits per heavy atom. The normalized spacial score (nSPS) is 12.6. The zero-order valence-corrected chi connectivity index (χ0v) is 17.8. The number of H-pyrrole nitrogens is 1. The van der Waals surface area contributed by atoms with Gasteiger partial charge in [-0.05, 0) is 42.5 Å². The molecule has 3 aromatic carbocycles. The first-order chi connectivity index (χ1) is 15.9. The predicted molar refractivity (Wildman–Crippen MR) is 118 cm³/mol. The molecule has 11 heteroatoms. The molecular formula is C22H17N3O7S. The van der Waals surface area contributed by atoms with Crippen molar-refractivity contribution in [1.29, 1.82) is 0 Å². The Labute approximate surface area is 187 Å². The highest BCUT2D eigenvalue weighted by atomic mass is 32.2. The minimum Gasteiger partial charge on any atom is -0.482 e. The van der Waals surface area contributed by atoms with Crippen molar-refractivity contribution >= 4 is 32.7 Å². The fourth-order valence-electron chi connectivity index (χ4n) is 3.37. The van der Waals surface area contributed by atoms with Gasteiger partial charge in [-0.15, -0.1) is 0 Å². The number of rotatable bonds is 7. The lowest BCUT2D eigenvalue weighted by atomic mass is 10.1. The van der Waals surface area contributed by atoms with E-state index in [1.807, 2.05) is 24.3 Å². The molecule has 1 aromatic heterocycles. The van der Waals surface area contributed by atoms with E-state index < -0.39 is 22.6 Å². The van der Waals surface area contributed by atoms with E-state index in [0.717, 1.165) is 11.0 Å². The van der Waals surface area contributed by atoms with Crippen molar-refractivity contribution in [3.8, 4) is 28.6 Å². The minimum absolute atomic E-state index is 0.0293. The van der Waals surface area contributed by atoms with E-state index in [0.29, 0.717) is 22.9 Å². The Morgan fingerprint density at radius 1 is 1.09 bits per heavy atom. The number of aromatic amines is 1. The smallest absolute Gasteiger partial charge is 0.341 e. The van der Waals surface area contributed by atoms with E-state index in [1.54, 1.807) is 12.1 Å². The van der Waals surface area contributed by atoms with Crippen molar-refractivity contribution in [3.05, 3.63) is 60.7 Å². The Hall–Kier alpha value is -4.25. The van der Waals surface area contributed by atoms with E-state index in [-0.39, 0.29) is 23.1 Å². The lowest BCUT2D eigenvalue weighted by molar-refractivity contribution is -0.139. The fourth-order valence-corrected chi connectivity index (χ4v) is 4.44. The number of carboxylic acid groups (broad SMARTS) is 1. The molecule has 0 aliphatic carbocycles. The molecule has 0 atom stereocenters. The van der Waals surface area contributed by atoms with Crippen LogP contribution in [0.25, 0.3) is 22.4 Å². The van der Waals surface area contributed by atoms with Gasteiger partial charge in [-0.25, -0.2) is 18.2 Å². The molecule has 0 unspecified atom stereocenters. The summed E-state index contributed by atoms with van der Waals surface area (Å²) in [4.78, 5) is 18.4. The zero-order chi connectivity index (χ0) is 23.0. The van der Waals surface area contributed by atoms with Gasteiger partial charge < -0.3 is 24.3 Å². The maximum absolute atomic E-state index is 13.1. The van der Waals surface area contributed by atoms with E-state index in [4.69, 9.17) is 19.3 Å². The number of aliphatic carboxylic acids is 1. The van der Waals surface area contributed by atoms with Crippen molar-refractivity contribution in [2.24, 2.45) is 0 Å². The first kappa shape index (κ1) is 20.6. The van der Waals surface area contributed by atoms with Crippen LogP contribution in [0.1, 0.15) is 0 Å². The van der Waals surface area contributed by atoms with Gasteiger partial charge in [0, 0.05) is 11.6 Å². The molecule has 3 N–H and O–H groups in total. The zero-order valence-electron chi connectivity index (χ0n) is 16.9. The van der Waals surface area contributed by atoms with Gasteiger partial charge in [0.1, 0.15) is 11.6 Å². The van der Waals surface area contributed by atoms with Crippen LogP contribution in [-0.4, -0.2) is 42.9 Å². The monoisotopic (exact) mass is 467 g/mol. The number of imidazole rings is 1. The highest BCUT2D eigenvalue weighted by Gasteiger charge is 2.23. The van der Waals surface area contributed by atoms with Crippen LogP contribution >= 0.6 is 0 Å². The molecule has 5 rings (SSSR count). The van der Waals surface area contributed by atoms with Crippen LogP contribution < -0.4 is 18.9 Å². The van der Waals surface area contributed by atoms with E-state index in [2.05, 4.69) is 14.7 Å². The summed E-state index contributed by atoms with van der Waals surface area (Å²) in [7, 11) is -4.00. The van der Waals surface area contributed by atoms with E-state index >= 15 is 0 Å². The Balaban J connectivity index is 1.50. The van der Waals surface area contributed by atoms with Crippen LogP contribution in [0, 0.1) is 0 Å². The van der Waals surface area contributed by atoms with Crippen molar-refractivity contribution in [2.75, 3.05) is 18.1 Å². The number of fused-ring (bicyclic) bond motifs is 2. The van der Waals surface area contributed by atoms with Gasteiger partial charge in [0.05, 0.1) is 21.6 Å². The van der Waals surface area contributed by atoms with E-state index in [9.17, 15) is 13.2 Å². The summed E-state index contributed by atoms with van der Waals surface area (Å²) < 4.78 is 44.7. The number of nitrogens with zero attached hydrogens (tertiary/aromatic N) is 1. The summed E-state index contributed by atoms with van der Waals surface area (Å²) >= 11 is 0. The molecular weight excluding hydrogens is 450 g/mol. The van der Waals surface area contributed by atoms with Gasteiger partial charge in [0.25, 0.3) is 10.0 Å². The summed E-state index contributed by atoms with van der Waals surface area (Å²) in [5.74, 6) is 0.458. The van der Waals surface area contributed by atoms with Crippen molar-refractivity contribution in [1.82, 2.24) is 9.97 Å². The predicted octanol–water partition coefficient (Wildman–Crippen LogP) is 3.22. The average Bonchev–Trinajstić information content (AvgIpc) is 3.43. The number of aromatic nitrogens is 2. The van der Waals surface area contributed by atoms with Gasteiger partial charge in [-0.3, -0.25) is 4.72 Å². The van der Waals surface area contributed by atoms with Crippen LogP contribution in [0.3, 0.4) is 0 Å². The number of ether oxygens (including phenoxy) is 3. The summed E-state index contributed by atoms with van der Waals surface area (Å²) in [5, 5.41) is 8.70. The maximum atomic E-state index is 13.1. The van der Waals surface area contributed by atoms with Gasteiger partial charge in [0.15, 0.2) is 18.1 Å². The standard InChI is InChI=1S/C22H17N3O7S/c26-21(27)11-30-13-5-7-14(8-6-13)33(28,29)25-18-10-20-19(31-12-32-20)9-15(18)22-23-16-3-1-2-4-17(16)24-22/h1-10,25H,11-12H2,(H,23,24)(H,26,27). The fraction of sp³-hybridized carbons (Fsp3) is 0.0909. The van der Waals surface area contributed by atoms with Crippen LogP contribution in [0.15, 0.2) is 65.6 Å². The quantitative estimate of drug-likeness (QED) is 0.376. The molecule has 1 aliphatic rings. The van der Waals surface area contributed by atoms with Gasteiger partial charge >= 0.3 is 5.97 Å². The number of nitrogens with one attached hydrogen (secondary N) is 2. The SMILES string of the molecule is O=C(O)COc1ccc(S(=O)(=O)Nc2cc3c(cc2-c2nc4ccccc4[nH]2)OCO3)cc1. The van der Waals surface area contributed by atoms with Crippen molar-refractivity contribution in [3.63, 3.8) is 0 Å². The molecule has 0 saturated carbocycles. The third kappa shape index (κ3) is 4.13. The molecule has 0 bridgehead atoms. The van der Waals surface area contributed by atoms with Crippen LogP contribution in [0.5, 0.6) is 17.2 Å². The summed E-state index contributed by atoms with van der Waals surface area (Å²) in [5.41, 5.74) is 2.27. The largest absolute Gasteiger partial charge is 0.482 e. The number of sulfonamides is 1. The molecule has 1 aliphatic heterocycles. The molecule has 4 aromatic rings. The Bertz CT molecular complexity index is 1430. The second kappa shape index (κ2) is 8.02. The first-order valence-corrected chi connectivity index (χ1v) is 11.2. The number of carbonyl (C=O) groups is 1. The summed E-state index contributed by atoms with van der Waals surface area (Å²) in [6, 6.07) is 16.1. The Morgan fingerprint density at radius 2 is 1.82 bits per heavy atom. The molecule has 10 nitrogen and oxygen atoms in total. The highest BCUT2D eigenvalue weighted by molar-refractivity contribution is 7.92. The molecule has 0 fully saturated rings. The second-order valence-electron chi connectivity index (χ2n) is 7.11. The van der Waals surface area contributed by atoms with Crippen molar-refractivity contribution in [2.45, 2.75) is 4.90 Å². The number of anilines is 1. The third-order valence-corrected chi connectivity index (χ3v) is 6.28. The number of carboxylic acids is 1. The highest BCUT2D eigenvalue weighted by Crippen LogP contribution is 2.41. The third-order valence-electron chi connectivity index (χ3n) is 4.90. The van der Waals surface area contributed by atoms with Crippen molar-refractivity contribution < 1.29 is 32.5 Å². The molecule has 0 amide bonds. The van der Waals surface area contributed by atoms with E-state index in [1.165, 1.54) is 24.3 Å². The second-order valence-corrected chi connectivity index (χ2v) is 8.80. The molecule has 33 heavy (non-hydrogen) atoms. The lowest BCUT2D eigenvalue weighted by Crippen LogP contribution is -2.14. The number of hydrogen-bond donors (Lipinski definition) is 3. The molecule has 0 radical (unpaired) electrons. The average molecular weight is 467 g/mol. The van der Waals surface area contributed by atoms with Gasteiger partial charge in [-0.2, -0.15) is 0 Å². The number of para-hydroxylation sites is 2. The summed E-state index contributed by atoms with van der Waals surface area (Å²) in [6.45, 7) is -0.495. The topological polar surface area (TPSA) is 140 Å². The summed E-state index contributed by atoms with van der Waals surface area (Å²) in [6.07, 6.45) is 0. The number of benzene rings is 3. The minimum atomic E-state index is -4.00. The first-order valence-electron chi connectivity index (χ1n) is 9.75. The molecule has 0 spiro atoms. The maximum Gasteiger partial charge on any atom is 0.341 e. The Kier molecular flexibility index (Phi) is 5.02. The number of hydrogen-bond acceptors (Lipinski definition) is 7. The van der Waals surface area contributed by atoms with Gasteiger partial charge in [0.2, 0.25) is 6.79 Å².